The van der Waals surface area contributed by atoms with Crippen molar-refractivity contribution in [1.29, 1.82) is 0 Å². The van der Waals surface area contributed by atoms with Gasteiger partial charge in [0.05, 0.1) is 33.0 Å². The van der Waals surface area contributed by atoms with Crippen LogP contribution in [0, 0.1) is 0 Å². The molecule has 5 fully saturated rings. The summed E-state index contributed by atoms with van der Waals surface area (Å²) in [6, 6.07) is -3.28. The summed E-state index contributed by atoms with van der Waals surface area (Å²) < 4.78 is 50.7. The number of nitrogens with one attached hydrogen (secondary N) is 2. The maximum absolute atomic E-state index is 12.5. The van der Waals surface area contributed by atoms with Crippen LogP contribution >= 0.6 is 0 Å². The number of rotatable bonds is 15. The van der Waals surface area contributed by atoms with E-state index in [9.17, 15) is 86.2 Å². The molecule has 0 aliphatic carbocycles. The third-order valence-electron chi connectivity index (χ3n) is 11.1. The van der Waals surface area contributed by atoms with Crippen LogP contribution in [0.3, 0.4) is 0 Å². The Morgan fingerprint density at radius 3 is 1.15 bits per heavy atom. The predicted octanol–water partition coefficient (Wildman–Crippen LogP) is -11.6. The topological polar surface area (TPSA) is 445 Å². The first kappa shape index (κ1) is 51.0. The molecule has 5 aliphatic heterocycles. The summed E-state index contributed by atoms with van der Waals surface area (Å²) in [5, 5.41) is 163. The van der Waals surface area contributed by atoms with E-state index in [1.807, 2.05) is 0 Å². The Hall–Kier alpha value is -2.02. The van der Waals surface area contributed by atoms with Crippen molar-refractivity contribution in [3.63, 3.8) is 0 Å². The molecule has 5 saturated heterocycles. The van der Waals surface area contributed by atoms with E-state index in [1.165, 1.54) is 0 Å². The number of hydrogen-bond donors (Lipinski definition) is 17. The summed E-state index contributed by atoms with van der Waals surface area (Å²) in [5.41, 5.74) is 0. The minimum Gasteiger partial charge on any atom is -0.394 e. The van der Waals surface area contributed by atoms with Gasteiger partial charge in [-0.05, 0) is 0 Å². The number of carbonyl (C=O) groups is 2. The second-order valence-electron chi connectivity index (χ2n) is 15.4. The van der Waals surface area contributed by atoms with Gasteiger partial charge in [0.25, 0.3) is 0 Å². The van der Waals surface area contributed by atoms with Crippen LogP contribution in [0.25, 0.3) is 0 Å². The van der Waals surface area contributed by atoms with Crippen LogP contribution in [0.15, 0.2) is 0 Å². The summed E-state index contributed by atoms with van der Waals surface area (Å²) in [6.45, 7) is -2.53. The molecule has 0 bridgehead atoms. The number of amides is 2. The van der Waals surface area contributed by atoms with Gasteiger partial charge in [-0.25, -0.2) is 0 Å². The third kappa shape index (κ3) is 10.8. The standard InChI is InChI=1S/C34H58N2O26/c1-8(42)35-15-20(47)17(44)10(3-37)55-31(15)61-28-18(45)11(4-38)56-33(24(28)51)59-26-14(7-41)58-32(16(21(26)48)36-9(2)43)62-29-19(46)12(5-39)57-34(25(29)52)60-27-13(6-40)54-30(53)23(50)22(27)49/h10-34,37-41,44-53H,3-7H2,1-2H3,(H,35,42)(H,36,43)/t10-,11-,12-,13-,14-,15-,16-,17+,18+,19+,20-,21-,22-,23-,24-,25-,26+,27-,28+,29+,30+,31+,32+,33+,34+/m1/s1. The Balaban J connectivity index is 1.37. The van der Waals surface area contributed by atoms with Gasteiger partial charge in [-0.3, -0.25) is 9.59 Å². The molecule has 62 heavy (non-hydrogen) atoms. The van der Waals surface area contributed by atoms with Crippen molar-refractivity contribution >= 4 is 11.8 Å². The van der Waals surface area contributed by atoms with Crippen LogP contribution in [0.2, 0.25) is 0 Å². The van der Waals surface area contributed by atoms with E-state index in [2.05, 4.69) is 10.6 Å². The first-order chi connectivity index (χ1) is 29.3. The van der Waals surface area contributed by atoms with E-state index in [4.69, 9.17) is 42.6 Å². The van der Waals surface area contributed by atoms with Gasteiger partial charge in [0.15, 0.2) is 31.5 Å². The monoisotopic (exact) mass is 910 g/mol. The Bertz CT molecular complexity index is 1440. The molecule has 28 heteroatoms. The number of hydrogen-bond acceptors (Lipinski definition) is 26. The van der Waals surface area contributed by atoms with Gasteiger partial charge < -0.3 is 130 Å². The highest BCUT2D eigenvalue weighted by atomic mass is 16.8. The lowest BCUT2D eigenvalue weighted by atomic mass is 9.94. The summed E-state index contributed by atoms with van der Waals surface area (Å²) in [7, 11) is 0. The van der Waals surface area contributed by atoms with Crippen LogP contribution in [-0.2, 0) is 52.2 Å². The number of ether oxygens (including phenoxy) is 9. The first-order valence-electron chi connectivity index (χ1n) is 19.6. The van der Waals surface area contributed by atoms with Crippen molar-refractivity contribution in [3.05, 3.63) is 0 Å². The largest absolute Gasteiger partial charge is 0.394 e. The molecular weight excluding hydrogens is 852 g/mol. The molecular formula is C34H58N2O26. The third-order valence-corrected chi connectivity index (χ3v) is 11.1. The smallest absolute Gasteiger partial charge is 0.217 e. The molecule has 360 valence electrons. The van der Waals surface area contributed by atoms with E-state index in [1.54, 1.807) is 0 Å². The molecule has 0 spiro atoms. The van der Waals surface area contributed by atoms with E-state index in [0.29, 0.717) is 0 Å². The summed E-state index contributed by atoms with van der Waals surface area (Å²) >= 11 is 0. The molecule has 28 nitrogen and oxygen atoms in total. The normalized spacial score (nSPS) is 49.0. The van der Waals surface area contributed by atoms with E-state index >= 15 is 0 Å². The Morgan fingerprint density at radius 2 is 0.726 bits per heavy atom. The molecule has 5 aliphatic rings. The zero-order valence-electron chi connectivity index (χ0n) is 33.2. The average Bonchev–Trinajstić information content (AvgIpc) is 3.23. The van der Waals surface area contributed by atoms with E-state index in [0.717, 1.165) is 13.8 Å². The SMILES string of the molecule is CC(=O)N[C@H]1[C@H](O[C@H]2[C@@H](O)[C@@H](CO)O[C@@H](O[C@H]3[C@H](O)[C@@H](O)[C@@H](O)O[C@@H]3CO)[C@@H]2O)O[C@H](CO)[C@H](O[C@@H]2O[C@H](CO)[C@H](O)[C@H](O[C@@H]3O[C@H](CO)[C@H](O)[C@H](O)[C@H]3NC(C)=O)[C@H]2O)[C@@H]1O. The molecule has 25 atom stereocenters. The van der Waals surface area contributed by atoms with Crippen molar-refractivity contribution < 1.29 is 129 Å². The molecule has 0 radical (unpaired) electrons. The molecule has 0 saturated carbocycles. The predicted molar refractivity (Wildman–Crippen MR) is 190 cm³/mol. The summed E-state index contributed by atoms with van der Waals surface area (Å²) in [5.74, 6) is -1.55. The minimum absolute atomic E-state index is 0.726. The second-order valence-corrected chi connectivity index (χ2v) is 15.4. The molecule has 5 heterocycles. The summed E-state index contributed by atoms with van der Waals surface area (Å²) in [4.78, 5) is 24.4. The van der Waals surface area contributed by atoms with Crippen LogP contribution in [0.5, 0.6) is 0 Å². The first-order valence-corrected chi connectivity index (χ1v) is 19.6. The molecule has 2 amide bonds. The molecule has 0 aromatic rings. The highest BCUT2D eigenvalue weighted by Gasteiger charge is 2.57. The highest BCUT2D eigenvalue weighted by molar-refractivity contribution is 5.73. The van der Waals surface area contributed by atoms with Crippen LogP contribution in [0.4, 0.5) is 0 Å². The van der Waals surface area contributed by atoms with Gasteiger partial charge in [-0.15, -0.1) is 0 Å². The zero-order valence-corrected chi connectivity index (χ0v) is 33.2. The zero-order chi connectivity index (χ0) is 45.9. The van der Waals surface area contributed by atoms with Gasteiger partial charge in [-0.1, -0.05) is 0 Å². The fourth-order valence-corrected chi connectivity index (χ4v) is 7.83. The Kier molecular flexibility index (Phi) is 18.1. The van der Waals surface area contributed by atoms with Crippen molar-refractivity contribution in [3.8, 4) is 0 Å². The van der Waals surface area contributed by atoms with Crippen LogP contribution in [0.1, 0.15) is 13.8 Å². The highest BCUT2D eigenvalue weighted by Crippen LogP contribution is 2.35. The van der Waals surface area contributed by atoms with Gasteiger partial charge in [0, 0.05) is 13.8 Å². The van der Waals surface area contributed by atoms with Gasteiger partial charge in [0.2, 0.25) is 11.8 Å². The van der Waals surface area contributed by atoms with Crippen molar-refractivity contribution in [1.82, 2.24) is 10.6 Å². The molecule has 0 aromatic carbocycles. The van der Waals surface area contributed by atoms with E-state index < -0.39 is 198 Å². The lowest BCUT2D eigenvalue weighted by Crippen LogP contribution is -2.70. The van der Waals surface area contributed by atoms with Crippen molar-refractivity contribution in [2.45, 2.75) is 167 Å². The molecule has 0 aromatic heterocycles. The fraction of sp³-hybridized carbons (Fsp3) is 0.941. The number of aliphatic hydroxyl groups excluding tert-OH is 15. The second kappa shape index (κ2) is 22.0. The van der Waals surface area contributed by atoms with E-state index in [-0.39, 0.29) is 0 Å². The lowest BCUT2D eigenvalue weighted by Gasteiger charge is -2.50. The summed E-state index contributed by atoms with van der Waals surface area (Å²) in [6.07, 6.45) is -42.2. The number of carbonyl (C=O) groups excluding carboxylic acids is 2. The quantitative estimate of drug-likeness (QED) is 0.0725. The van der Waals surface area contributed by atoms with Gasteiger partial charge in [-0.2, -0.15) is 0 Å². The van der Waals surface area contributed by atoms with Gasteiger partial charge in [0.1, 0.15) is 122 Å². The Labute approximate surface area is 351 Å². The van der Waals surface area contributed by atoms with Crippen molar-refractivity contribution in [2.24, 2.45) is 0 Å². The van der Waals surface area contributed by atoms with Gasteiger partial charge >= 0.3 is 0 Å². The Morgan fingerprint density at radius 1 is 0.387 bits per heavy atom. The van der Waals surface area contributed by atoms with Crippen LogP contribution < -0.4 is 10.6 Å². The maximum atomic E-state index is 12.5. The molecule has 17 N–H and O–H groups in total. The molecule has 0 unspecified atom stereocenters. The van der Waals surface area contributed by atoms with Crippen LogP contribution in [-0.4, -0.2) is 275 Å². The molecule has 5 rings (SSSR count). The lowest BCUT2D eigenvalue weighted by molar-refractivity contribution is -0.384. The fourth-order valence-electron chi connectivity index (χ4n) is 7.83. The number of aliphatic hydroxyl groups is 15. The average molecular weight is 911 g/mol. The maximum Gasteiger partial charge on any atom is 0.217 e. The van der Waals surface area contributed by atoms with Crippen molar-refractivity contribution in [2.75, 3.05) is 33.0 Å². The minimum atomic E-state index is -2.10.